The lowest BCUT2D eigenvalue weighted by atomic mass is 9.98. The molecule has 3 aromatic rings. The Bertz CT molecular complexity index is 1270. The summed E-state index contributed by atoms with van der Waals surface area (Å²) < 4.78 is 27.7. The van der Waals surface area contributed by atoms with E-state index in [2.05, 4.69) is 15.9 Å². The van der Waals surface area contributed by atoms with Crippen molar-refractivity contribution in [2.45, 2.75) is 29.4 Å². The molecule has 3 aromatic carbocycles. The average molecular weight is 583 g/mol. The smallest absolute Gasteiger partial charge is 0.339 e. The van der Waals surface area contributed by atoms with Crippen molar-refractivity contribution in [1.82, 2.24) is 0 Å². The number of carbonyl (C=O) groups excluding carboxylic acids is 4. The van der Waals surface area contributed by atoms with E-state index in [1.54, 1.807) is 66.7 Å². The molecule has 1 heterocycles. The molecule has 196 valence electrons. The summed E-state index contributed by atoms with van der Waals surface area (Å²) in [4.78, 5) is 51.7. The zero-order valence-electron chi connectivity index (χ0n) is 20.1. The third-order valence-corrected chi connectivity index (χ3v) is 6.41. The lowest BCUT2D eigenvalue weighted by molar-refractivity contribution is -0.210. The van der Waals surface area contributed by atoms with Crippen LogP contribution >= 0.6 is 15.9 Å². The van der Waals surface area contributed by atoms with Gasteiger partial charge in [0.1, 0.15) is 0 Å². The highest BCUT2D eigenvalue weighted by atomic mass is 79.9. The average Bonchev–Trinajstić information content (AvgIpc) is 2.96. The van der Waals surface area contributed by atoms with Crippen LogP contribution in [0.3, 0.4) is 0 Å². The normalized spacial score (nSPS) is 22.5. The molecule has 1 aliphatic heterocycles. The Hall–Kier alpha value is -4.02. The Morgan fingerprint density at radius 2 is 0.974 bits per heavy atom. The number of carbonyl (C=O) groups is 4. The van der Waals surface area contributed by atoms with Crippen LogP contribution in [-0.4, -0.2) is 60.4 Å². The second-order valence-electron chi connectivity index (χ2n) is 8.14. The molecular weight excluding hydrogens is 560 g/mol. The van der Waals surface area contributed by atoms with E-state index in [9.17, 15) is 19.2 Å². The monoisotopic (exact) mass is 582 g/mol. The van der Waals surface area contributed by atoms with Crippen molar-refractivity contribution in [3.8, 4) is 0 Å². The molecule has 5 atom stereocenters. The second kappa shape index (κ2) is 12.5. The highest BCUT2D eigenvalue weighted by Gasteiger charge is 2.54. The number of esters is 4. The van der Waals surface area contributed by atoms with Gasteiger partial charge < -0.3 is 23.7 Å². The Balaban J connectivity index is 1.71. The van der Waals surface area contributed by atoms with Crippen molar-refractivity contribution in [2.75, 3.05) is 7.11 Å². The Kier molecular flexibility index (Phi) is 8.88. The maximum Gasteiger partial charge on any atom is 0.339 e. The number of hydrogen-bond donors (Lipinski definition) is 0. The predicted octanol–water partition coefficient (Wildman–Crippen LogP) is 3.96. The number of ether oxygens (including phenoxy) is 5. The molecule has 0 N–H and O–H groups in total. The van der Waals surface area contributed by atoms with Gasteiger partial charge in [-0.05, 0) is 36.4 Å². The van der Waals surface area contributed by atoms with Crippen molar-refractivity contribution < 1.29 is 42.9 Å². The van der Waals surface area contributed by atoms with Gasteiger partial charge in [-0.2, -0.15) is 0 Å². The van der Waals surface area contributed by atoms with Gasteiger partial charge in [-0.15, -0.1) is 0 Å². The molecule has 1 fully saturated rings. The summed E-state index contributed by atoms with van der Waals surface area (Å²) in [5.74, 6) is -3.22. The molecule has 0 saturated carbocycles. The summed E-state index contributed by atoms with van der Waals surface area (Å²) in [6.07, 6.45) is -5.79. The molecule has 0 spiro atoms. The van der Waals surface area contributed by atoms with Gasteiger partial charge in [0.25, 0.3) is 0 Å². The summed E-state index contributed by atoms with van der Waals surface area (Å²) in [6.45, 7) is 0. The van der Waals surface area contributed by atoms with E-state index >= 15 is 0 Å². The molecule has 0 bridgehead atoms. The quantitative estimate of drug-likeness (QED) is 0.232. The van der Waals surface area contributed by atoms with Gasteiger partial charge in [0.15, 0.2) is 29.4 Å². The topological polar surface area (TPSA) is 114 Å². The van der Waals surface area contributed by atoms with Crippen LogP contribution in [0.15, 0.2) is 91.0 Å². The molecule has 0 aliphatic carbocycles. The van der Waals surface area contributed by atoms with Crippen molar-refractivity contribution >= 4 is 39.8 Å². The number of hydrogen-bond acceptors (Lipinski definition) is 9. The Labute approximate surface area is 226 Å². The summed E-state index contributed by atoms with van der Waals surface area (Å²) in [6, 6.07) is 24.2. The third kappa shape index (κ3) is 6.27. The van der Waals surface area contributed by atoms with Crippen LogP contribution in [0, 0.1) is 0 Å². The van der Waals surface area contributed by atoms with Gasteiger partial charge in [0.2, 0.25) is 0 Å². The van der Waals surface area contributed by atoms with Gasteiger partial charge >= 0.3 is 23.9 Å². The van der Waals surface area contributed by atoms with E-state index in [1.165, 1.54) is 24.3 Å². The Morgan fingerprint density at radius 3 is 1.37 bits per heavy atom. The lowest BCUT2D eigenvalue weighted by Gasteiger charge is -2.42. The summed E-state index contributed by atoms with van der Waals surface area (Å²) >= 11 is 3.28. The number of benzene rings is 3. The van der Waals surface area contributed by atoms with Gasteiger partial charge in [-0.3, -0.25) is 0 Å². The maximum absolute atomic E-state index is 13.1. The minimum absolute atomic E-state index is 0.183. The Morgan fingerprint density at radius 1 is 0.605 bits per heavy atom. The zero-order valence-corrected chi connectivity index (χ0v) is 21.7. The minimum Gasteiger partial charge on any atom is -0.467 e. The van der Waals surface area contributed by atoms with Gasteiger partial charge in [0, 0.05) is 0 Å². The SMILES string of the molecule is COC(=O)C1O[C@H](Br)[C@@H](OC(=O)c2ccccc2)[C@@H](OC(=O)c2ccccc2)[C@@H]1OC(=O)c1ccccc1. The van der Waals surface area contributed by atoms with Crippen molar-refractivity contribution in [3.05, 3.63) is 108 Å². The maximum atomic E-state index is 13.1. The molecular formula is C28H23BrO9. The third-order valence-electron chi connectivity index (χ3n) is 5.67. The lowest BCUT2D eigenvalue weighted by Crippen LogP contribution is -2.62. The van der Waals surface area contributed by atoms with Crippen LogP contribution in [0.2, 0.25) is 0 Å². The van der Waals surface area contributed by atoms with Crippen LogP contribution in [0.25, 0.3) is 0 Å². The summed E-state index contributed by atoms with van der Waals surface area (Å²) in [5.41, 5.74) is 0.609. The van der Waals surface area contributed by atoms with E-state index in [4.69, 9.17) is 23.7 Å². The summed E-state index contributed by atoms with van der Waals surface area (Å²) in [5, 5.41) is -1.13. The molecule has 1 unspecified atom stereocenters. The fraction of sp³-hybridized carbons (Fsp3) is 0.214. The molecule has 38 heavy (non-hydrogen) atoms. The molecule has 9 nitrogen and oxygen atoms in total. The van der Waals surface area contributed by atoms with Crippen molar-refractivity contribution in [2.24, 2.45) is 0 Å². The van der Waals surface area contributed by atoms with E-state index in [-0.39, 0.29) is 16.7 Å². The largest absolute Gasteiger partial charge is 0.467 e. The first-order valence-electron chi connectivity index (χ1n) is 11.5. The molecule has 0 aromatic heterocycles. The molecule has 0 amide bonds. The minimum atomic E-state index is -1.52. The van der Waals surface area contributed by atoms with Crippen LogP contribution < -0.4 is 0 Å². The van der Waals surface area contributed by atoms with Crippen molar-refractivity contribution in [1.29, 1.82) is 0 Å². The van der Waals surface area contributed by atoms with E-state index in [0.29, 0.717) is 0 Å². The molecule has 4 rings (SSSR count). The van der Waals surface area contributed by atoms with E-state index < -0.39 is 53.3 Å². The van der Waals surface area contributed by atoms with E-state index in [1.807, 2.05) is 0 Å². The molecule has 1 aliphatic rings. The van der Waals surface area contributed by atoms with E-state index in [0.717, 1.165) is 7.11 Å². The summed E-state index contributed by atoms with van der Waals surface area (Å²) in [7, 11) is 1.14. The molecule has 10 heteroatoms. The molecule has 0 radical (unpaired) electrons. The van der Waals surface area contributed by atoms with Crippen LogP contribution in [-0.2, 0) is 28.5 Å². The van der Waals surface area contributed by atoms with Crippen LogP contribution in [0.5, 0.6) is 0 Å². The first-order chi connectivity index (χ1) is 18.4. The van der Waals surface area contributed by atoms with Gasteiger partial charge in [-0.25, -0.2) is 19.2 Å². The second-order valence-corrected chi connectivity index (χ2v) is 9.04. The first kappa shape index (κ1) is 27.0. The number of halogens is 1. The zero-order chi connectivity index (χ0) is 27.1. The predicted molar refractivity (Wildman–Crippen MR) is 137 cm³/mol. The molecule has 1 saturated heterocycles. The van der Waals surface area contributed by atoms with Gasteiger partial charge in [-0.1, -0.05) is 70.5 Å². The fourth-order valence-corrected chi connectivity index (χ4v) is 4.43. The first-order valence-corrected chi connectivity index (χ1v) is 12.5. The van der Waals surface area contributed by atoms with Crippen LogP contribution in [0.4, 0.5) is 0 Å². The number of methoxy groups -OCH3 is 1. The van der Waals surface area contributed by atoms with Crippen LogP contribution in [0.1, 0.15) is 31.1 Å². The van der Waals surface area contributed by atoms with Gasteiger partial charge in [0.05, 0.1) is 23.8 Å². The fourth-order valence-electron chi connectivity index (χ4n) is 3.79. The highest BCUT2D eigenvalue weighted by Crippen LogP contribution is 2.33. The number of rotatable bonds is 7. The highest BCUT2D eigenvalue weighted by molar-refractivity contribution is 9.09. The number of alkyl halides is 1. The van der Waals surface area contributed by atoms with Crippen molar-refractivity contribution in [3.63, 3.8) is 0 Å². The standard InChI is InChI=1S/C28H23BrO9/c1-34-28(33)23-21(37-26(31)18-13-7-3-8-14-18)20(36-25(30)17-11-5-2-6-12-17)22(24(29)35-23)38-27(32)19-15-9-4-10-16-19/h2-16,20-24H,1H3/t20-,21-,22-,23?,24-/m0/s1.